The predicted octanol–water partition coefficient (Wildman–Crippen LogP) is 20.1. The first-order chi connectivity index (χ1) is 52.7. The van der Waals surface area contributed by atoms with Crippen LogP contribution in [0.3, 0.4) is 0 Å². The maximum atomic E-state index is 2.56. The molecule has 0 aliphatic heterocycles. The number of aryl methyl sites for hydroxylation is 4. The first kappa shape index (κ1) is 65.6. The molecule has 20 aromatic rings. The Labute approximate surface area is 629 Å². The van der Waals surface area contributed by atoms with Gasteiger partial charge in [-0.3, -0.25) is 0 Å². The Morgan fingerprint density at radius 1 is 0.178 bits per heavy atom. The average Bonchev–Trinajstić information content (AvgIpc) is 1.24. The van der Waals surface area contributed by atoms with Gasteiger partial charge in [-0.25, -0.2) is 0 Å². The maximum absolute atomic E-state index is 3.68. The van der Waals surface area contributed by atoms with E-state index in [0.29, 0.717) is 0 Å². The van der Waals surface area contributed by atoms with Gasteiger partial charge in [-0.1, -0.05) is 24.3 Å². The van der Waals surface area contributed by atoms with Crippen molar-refractivity contribution in [2.75, 3.05) is 0 Å². The van der Waals surface area contributed by atoms with E-state index in [0.717, 1.165) is 0 Å². The van der Waals surface area contributed by atoms with Crippen molar-refractivity contribution in [2.24, 2.45) is 0 Å². The summed E-state index contributed by atoms with van der Waals surface area (Å²) in [5, 5.41) is 10.1. The van der Waals surface area contributed by atoms with Gasteiger partial charge in [0.2, 0.25) is 0 Å². The van der Waals surface area contributed by atoms with Gasteiger partial charge in [-0.2, -0.15) is 0 Å². The van der Waals surface area contributed by atoms with Crippen LogP contribution in [0, 0.1) is 34.6 Å². The van der Waals surface area contributed by atoms with Gasteiger partial charge in [0.15, 0.2) is 0 Å². The molecule has 0 aliphatic carbocycles. The molecule has 0 spiro atoms. The van der Waals surface area contributed by atoms with Gasteiger partial charge < -0.3 is 0 Å². The second kappa shape index (κ2) is 26.7. The zero-order valence-electron chi connectivity index (χ0n) is 60.7. The third-order valence-corrected chi connectivity index (χ3v) is 44.9. The standard InChI is InChI=1S/C52H42GeN2.C49H36GeN2/c1-35-17-5-11-23-45(35)53(46-24-12-6-18-36(46)2,47-25-13-7-19-37(47)3)48-34-40(30-29-38(48)4)55-51-28-16-10-22-43(51)44-33-39(31-32-52(44)55)54-49-26-14-8-20-41(49)42-21-9-15-27-50(42)54;1-35-44(50(36-18-5-2-6-19-36,37-20-7-3-8-21-37)38-22-9-4-10-23-38)27-17-31-45(35)52-48-30-16-13-26-42(48)43-34-39(32-33-49(43)52)51-46-28-14-11-24-40(46)41-25-12-15-29-47(41)51/h5-34H,1-4H3;2-34H,1H3. The van der Waals surface area contributed by atoms with Crippen molar-refractivity contribution >= 4 is 149 Å². The Kier molecular flexibility index (Phi) is 16.4. The summed E-state index contributed by atoms with van der Waals surface area (Å²) in [4.78, 5) is 0. The van der Waals surface area contributed by atoms with Crippen molar-refractivity contribution in [2.45, 2.75) is 34.6 Å². The van der Waals surface area contributed by atoms with Crippen LogP contribution in [-0.2, 0) is 0 Å². The topological polar surface area (TPSA) is 19.7 Å². The molecule has 0 unspecified atom stereocenters. The molecule has 0 aliphatic rings. The molecule has 0 saturated carbocycles. The van der Waals surface area contributed by atoms with E-state index in [-0.39, 0.29) is 0 Å². The van der Waals surface area contributed by atoms with Crippen molar-refractivity contribution in [1.82, 2.24) is 18.3 Å². The Hall–Kier alpha value is -12.2. The molecule has 0 amide bonds. The SMILES string of the molecule is Cc1c(-n2c3ccccc3c3cc(-n4c5ccccc5c5ccccc54)ccc32)ccc[c]1[Ge]([c]1ccccc1)([c]1ccccc1)[c]1ccccc1.Cc1cccc[c]1[Ge]([c]1ccccc1C)([c]1ccccc1C)[c]1cc(-n2c3ccccc3c3cc(-n4c5ccccc5c5ccccc54)ccc32)ccc1C. The zero-order valence-corrected chi connectivity index (χ0v) is 64.9. The summed E-state index contributed by atoms with van der Waals surface area (Å²) in [7, 11) is 0. The summed E-state index contributed by atoms with van der Waals surface area (Å²) in [6.07, 6.45) is 0. The monoisotopic (exact) mass is 1490 g/mol. The van der Waals surface area contributed by atoms with E-state index < -0.39 is 26.5 Å². The van der Waals surface area contributed by atoms with Gasteiger partial charge in [0.05, 0.1) is 0 Å². The van der Waals surface area contributed by atoms with Crippen LogP contribution in [0.1, 0.15) is 27.8 Å². The number of hydrogen-bond donors (Lipinski definition) is 0. The molecule has 0 saturated heterocycles. The van der Waals surface area contributed by atoms with Crippen molar-refractivity contribution in [3.63, 3.8) is 0 Å². The van der Waals surface area contributed by atoms with E-state index in [9.17, 15) is 0 Å². The quantitative estimate of drug-likeness (QED) is 0.109. The minimum atomic E-state index is -3.68. The molecule has 107 heavy (non-hydrogen) atoms. The summed E-state index contributed by atoms with van der Waals surface area (Å²) in [6, 6.07) is 143. The van der Waals surface area contributed by atoms with Gasteiger partial charge in [0.1, 0.15) is 0 Å². The molecule has 510 valence electrons. The number of fused-ring (bicyclic) bond motifs is 12. The van der Waals surface area contributed by atoms with E-state index in [1.807, 2.05) is 0 Å². The summed E-state index contributed by atoms with van der Waals surface area (Å²) in [6.45, 7) is 11.6. The number of para-hydroxylation sites is 6. The normalized spacial score (nSPS) is 12.0. The third kappa shape index (κ3) is 10.4. The van der Waals surface area contributed by atoms with Crippen LogP contribution < -0.4 is 35.2 Å². The Morgan fingerprint density at radius 3 is 0.822 bits per heavy atom. The van der Waals surface area contributed by atoms with Crippen LogP contribution in [0.15, 0.2) is 382 Å². The number of rotatable bonds is 12. The van der Waals surface area contributed by atoms with E-state index in [2.05, 4.69) is 435 Å². The average molecular weight is 1490 g/mol. The second-order valence-corrected chi connectivity index (χ2v) is 44.4. The van der Waals surface area contributed by atoms with E-state index in [1.54, 1.807) is 0 Å². The van der Waals surface area contributed by atoms with Gasteiger partial charge >= 0.3 is 610 Å². The van der Waals surface area contributed by atoms with Crippen molar-refractivity contribution in [3.8, 4) is 22.7 Å². The molecule has 4 nitrogen and oxygen atoms in total. The number of nitrogens with zero attached hydrogens (tertiary/aromatic N) is 4. The van der Waals surface area contributed by atoms with E-state index in [1.165, 1.54) is 173 Å². The zero-order chi connectivity index (χ0) is 71.9. The molecule has 20 rings (SSSR count). The molecular weight excluding hydrogens is 1410 g/mol. The first-order valence-corrected chi connectivity index (χ1v) is 45.7. The molecule has 4 heterocycles. The molecule has 0 atom stereocenters. The predicted molar refractivity (Wildman–Crippen MR) is 461 cm³/mol. The molecule has 6 heteroatoms. The summed E-state index contributed by atoms with van der Waals surface area (Å²) >= 11 is -7.19. The molecule has 0 fully saturated rings. The van der Waals surface area contributed by atoms with Crippen molar-refractivity contribution in [3.05, 3.63) is 410 Å². The van der Waals surface area contributed by atoms with Crippen molar-refractivity contribution in [1.29, 1.82) is 0 Å². The van der Waals surface area contributed by atoms with Crippen LogP contribution in [0.4, 0.5) is 0 Å². The summed E-state index contributed by atoms with van der Waals surface area (Å²) in [5.74, 6) is 0. The Balaban J connectivity index is 0.000000146. The first-order valence-electron chi connectivity index (χ1n) is 37.3. The molecule has 0 bridgehead atoms. The van der Waals surface area contributed by atoms with Gasteiger partial charge in [0, 0.05) is 0 Å². The van der Waals surface area contributed by atoms with Crippen LogP contribution in [0.5, 0.6) is 0 Å². The van der Waals surface area contributed by atoms with Gasteiger partial charge in [-0.15, -0.1) is 0 Å². The second-order valence-electron chi connectivity index (χ2n) is 28.8. The fourth-order valence-electron chi connectivity index (χ4n) is 18.4. The summed E-state index contributed by atoms with van der Waals surface area (Å²) < 4.78 is 21.5. The Morgan fingerprint density at radius 2 is 0.449 bits per heavy atom. The molecule has 16 aromatic carbocycles. The van der Waals surface area contributed by atoms with Gasteiger partial charge in [-0.05, 0) is 0 Å². The summed E-state index contributed by atoms with van der Waals surface area (Å²) in [5.41, 5.74) is 21.2. The Bertz CT molecular complexity index is 6520. The number of benzene rings is 16. The molecule has 4 aromatic heterocycles. The fraction of sp³-hybridized carbons (Fsp3) is 0.0495. The van der Waals surface area contributed by atoms with Crippen molar-refractivity contribution < 1.29 is 0 Å². The van der Waals surface area contributed by atoms with Gasteiger partial charge in [0.25, 0.3) is 0 Å². The molecule has 0 radical (unpaired) electrons. The fourth-order valence-corrected chi connectivity index (χ4v) is 41.3. The number of hydrogen-bond acceptors (Lipinski definition) is 0. The number of aromatic nitrogens is 4. The van der Waals surface area contributed by atoms with E-state index in [4.69, 9.17) is 0 Å². The van der Waals surface area contributed by atoms with Crippen LogP contribution in [0.2, 0.25) is 0 Å². The minimum absolute atomic E-state index is 1.17. The molecular formula is C101H78Ge2N4. The van der Waals surface area contributed by atoms with Crippen LogP contribution >= 0.6 is 0 Å². The van der Waals surface area contributed by atoms with Crippen LogP contribution in [0.25, 0.3) is 110 Å². The third-order valence-electron chi connectivity index (χ3n) is 23.1. The van der Waals surface area contributed by atoms with Crippen LogP contribution in [-0.4, -0.2) is 44.8 Å². The molecule has 0 N–H and O–H groups in total. The van der Waals surface area contributed by atoms with E-state index >= 15 is 0 Å².